The van der Waals surface area contributed by atoms with Crippen molar-refractivity contribution in [3.63, 3.8) is 0 Å². The molecule has 14 heavy (non-hydrogen) atoms. The Balaban J connectivity index is 2.19. The number of H-pyrrole nitrogens is 1. The smallest absolute Gasteiger partial charge is 0.328 e. The number of aliphatic hydroxyl groups excluding tert-OH is 1. The summed E-state index contributed by atoms with van der Waals surface area (Å²) >= 11 is 0. The first-order valence-corrected chi connectivity index (χ1v) is 4.64. The Hall–Kier alpha value is -1.36. The van der Waals surface area contributed by atoms with Gasteiger partial charge in [0.2, 0.25) is 0 Å². The van der Waals surface area contributed by atoms with E-state index in [9.17, 15) is 9.59 Å². The van der Waals surface area contributed by atoms with Gasteiger partial charge in [-0.15, -0.1) is 0 Å². The second-order valence-corrected chi connectivity index (χ2v) is 3.59. The Kier molecular flexibility index (Phi) is 2.25. The number of aromatic amines is 1. The van der Waals surface area contributed by atoms with E-state index in [2.05, 4.69) is 4.98 Å². The van der Waals surface area contributed by atoms with Gasteiger partial charge in [-0.05, 0) is 18.8 Å². The van der Waals surface area contributed by atoms with Crippen LogP contribution in [-0.4, -0.2) is 21.3 Å². The van der Waals surface area contributed by atoms with Crippen molar-refractivity contribution in [1.82, 2.24) is 9.55 Å². The van der Waals surface area contributed by atoms with Crippen LogP contribution >= 0.6 is 0 Å². The summed E-state index contributed by atoms with van der Waals surface area (Å²) in [6.07, 6.45) is 3.14. The molecule has 0 radical (unpaired) electrons. The highest BCUT2D eigenvalue weighted by molar-refractivity contribution is 4.96. The summed E-state index contributed by atoms with van der Waals surface area (Å²) in [4.78, 5) is 24.3. The number of hydrogen-bond acceptors (Lipinski definition) is 3. The van der Waals surface area contributed by atoms with Gasteiger partial charge in [0.05, 0.1) is 0 Å². The van der Waals surface area contributed by atoms with Crippen LogP contribution in [0.15, 0.2) is 21.9 Å². The quantitative estimate of drug-likeness (QED) is 0.683. The van der Waals surface area contributed by atoms with Crippen LogP contribution in [0, 0.1) is 5.92 Å². The maximum atomic E-state index is 11.3. The predicted octanol–water partition coefficient (Wildman–Crippen LogP) is -0.520. The molecule has 1 saturated carbocycles. The Morgan fingerprint density at radius 3 is 3.00 bits per heavy atom. The van der Waals surface area contributed by atoms with Crippen LogP contribution in [0.2, 0.25) is 0 Å². The molecule has 2 unspecified atom stereocenters. The highest BCUT2D eigenvalue weighted by atomic mass is 16.3. The monoisotopic (exact) mass is 196 g/mol. The van der Waals surface area contributed by atoms with Crippen LogP contribution < -0.4 is 11.2 Å². The zero-order valence-electron chi connectivity index (χ0n) is 7.64. The highest BCUT2D eigenvalue weighted by Crippen LogP contribution is 2.44. The van der Waals surface area contributed by atoms with E-state index in [4.69, 9.17) is 5.11 Å². The summed E-state index contributed by atoms with van der Waals surface area (Å²) in [5.74, 6) is 0.378. The topological polar surface area (TPSA) is 75.1 Å². The molecular weight excluding hydrogens is 184 g/mol. The van der Waals surface area contributed by atoms with E-state index in [-0.39, 0.29) is 23.9 Å². The highest BCUT2D eigenvalue weighted by Gasteiger charge is 2.38. The van der Waals surface area contributed by atoms with Crippen LogP contribution in [0.1, 0.15) is 18.9 Å². The molecule has 0 spiro atoms. The first-order chi connectivity index (χ1) is 6.72. The summed E-state index contributed by atoms with van der Waals surface area (Å²) in [6.45, 7) is 0.152. The van der Waals surface area contributed by atoms with Gasteiger partial charge in [0.25, 0.3) is 5.56 Å². The van der Waals surface area contributed by atoms with E-state index in [1.807, 2.05) is 0 Å². The predicted molar refractivity (Wildman–Crippen MR) is 50.2 cm³/mol. The summed E-state index contributed by atoms with van der Waals surface area (Å²) in [7, 11) is 0. The van der Waals surface area contributed by atoms with Crippen molar-refractivity contribution in [3.8, 4) is 0 Å². The van der Waals surface area contributed by atoms with Gasteiger partial charge in [0, 0.05) is 24.9 Å². The lowest BCUT2D eigenvalue weighted by molar-refractivity contribution is 0.276. The molecule has 0 aromatic carbocycles. The lowest BCUT2D eigenvalue weighted by Crippen LogP contribution is -2.28. The van der Waals surface area contributed by atoms with Crippen molar-refractivity contribution >= 4 is 0 Å². The molecule has 2 atom stereocenters. The third-order valence-corrected chi connectivity index (χ3v) is 2.59. The number of nitrogens with one attached hydrogen (secondary N) is 1. The first-order valence-electron chi connectivity index (χ1n) is 4.64. The molecule has 1 aromatic heterocycles. The minimum absolute atomic E-state index is 0.152. The number of aromatic nitrogens is 2. The molecule has 0 aliphatic heterocycles. The second kappa shape index (κ2) is 3.42. The largest absolute Gasteiger partial charge is 0.396 e. The standard InChI is InChI=1S/C9H12N2O3/c12-4-2-6-5-7(6)11-3-1-8(13)10-9(11)14/h1,3,6-7,12H,2,4-5H2,(H,10,13,14). The molecule has 5 nitrogen and oxygen atoms in total. The van der Waals surface area contributed by atoms with Crippen LogP contribution in [-0.2, 0) is 0 Å². The summed E-state index contributed by atoms with van der Waals surface area (Å²) < 4.78 is 1.53. The molecule has 0 saturated heterocycles. The summed E-state index contributed by atoms with van der Waals surface area (Å²) in [5, 5.41) is 8.71. The molecular formula is C9H12N2O3. The molecule has 1 aliphatic rings. The van der Waals surface area contributed by atoms with Crippen molar-refractivity contribution in [3.05, 3.63) is 33.1 Å². The normalized spacial score (nSPS) is 24.9. The van der Waals surface area contributed by atoms with Gasteiger partial charge in [-0.3, -0.25) is 14.3 Å². The van der Waals surface area contributed by atoms with E-state index in [0.29, 0.717) is 5.92 Å². The van der Waals surface area contributed by atoms with Crippen LogP contribution in [0.25, 0.3) is 0 Å². The fraction of sp³-hybridized carbons (Fsp3) is 0.556. The van der Waals surface area contributed by atoms with E-state index in [1.165, 1.54) is 16.8 Å². The van der Waals surface area contributed by atoms with Gasteiger partial charge in [0.1, 0.15) is 0 Å². The molecule has 0 bridgehead atoms. The molecule has 1 fully saturated rings. The number of aliphatic hydroxyl groups is 1. The van der Waals surface area contributed by atoms with Gasteiger partial charge in [-0.1, -0.05) is 0 Å². The third kappa shape index (κ3) is 1.63. The maximum Gasteiger partial charge on any atom is 0.328 e. The van der Waals surface area contributed by atoms with E-state index in [1.54, 1.807) is 0 Å². The molecule has 0 amide bonds. The van der Waals surface area contributed by atoms with Gasteiger partial charge in [0.15, 0.2) is 0 Å². The van der Waals surface area contributed by atoms with Crippen molar-refractivity contribution < 1.29 is 5.11 Å². The summed E-state index contributed by atoms with van der Waals surface area (Å²) in [5.41, 5.74) is -0.728. The zero-order valence-corrected chi connectivity index (χ0v) is 7.64. The minimum atomic E-state index is -0.370. The van der Waals surface area contributed by atoms with Gasteiger partial charge < -0.3 is 5.11 Å². The fourth-order valence-electron chi connectivity index (χ4n) is 1.74. The molecule has 1 aliphatic carbocycles. The Labute approximate surface area is 80.0 Å². The lowest BCUT2D eigenvalue weighted by atomic mass is 10.3. The number of rotatable bonds is 3. The molecule has 1 heterocycles. The Morgan fingerprint density at radius 2 is 2.36 bits per heavy atom. The lowest BCUT2D eigenvalue weighted by Gasteiger charge is -2.01. The average Bonchev–Trinajstić information content (AvgIpc) is 2.84. The molecule has 5 heteroatoms. The third-order valence-electron chi connectivity index (χ3n) is 2.59. The summed E-state index contributed by atoms with van der Waals surface area (Å²) in [6, 6.07) is 1.50. The van der Waals surface area contributed by atoms with E-state index >= 15 is 0 Å². The molecule has 2 N–H and O–H groups in total. The van der Waals surface area contributed by atoms with Crippen molar-refractivity contribution in [2.24, 2.45) is 5.92 Å². The average molecular weight is 196 g/mol. The van der Waals surface area contributed by atoms with E-state index in [0.717, 1.165) is 12.8 Å². The van der Waals surface area contributed by atoms with Crippen molar-refractivity contribution in [2.75, 3.05) is 6.61 Å². The van der Waals surface area contributed by atoms with Crippen LogP contribution in [0.5, 0.6) is 0 Å². The Morgan fingerprint density at radius 1 is 1.57 bits per heavy atom. The van der Waals surface area contributed by atoms with E-state index < -0.39 is 0 Å². The van der Waals surface area contributed by atoms with Crippen LogP contribution in [0.3, 0.4) is 0 Å². The van der Waals surface area contributed by atoms with Crippen molar-refractivity contribution in [2.45, 2.75) is 18.9 Å². The Bertz CT molecular complexity index is 434. The fourth-order valence-corrected chi connectivity index (χ4v) is 1.74. The number of nitrogens with zero attached hydrogens (tertiary/aromatic N) is 1. The van der Waals surface area contributed by atoms with Gasteiger partial charge in [-0.25, -0.2) is 4.79 Å². The minimum Gasteiger partial charge on any atom is -0.396 e. The molecule has 1 aromatic rings. The maximum absolute atomic E-state index is 11.3. The van der Waals surface area contributed by atoms with Gasteiger partial charge >= 0.3 is 5.69 Å². The molecule has 76 valence electrons. The SMILES string of the molecule is O=c1ccn(C2CC2CCO)c(=O)[nH]1. The first kappa shape index (κ1) is 9.21. The zero-order chi connectivity index (χ0) is 10.1. The van der Waals surface area contributed by atoms with Crippen LogP contribution in [0.4, 0.5) is 0 Å². The number of hydrogen-bond donors (Lipinski definition) is 2. The van der Waals surface area contributed by atoms with Gasteiger partial charge in [-0.2, -0.15) is 0 Å². The molecule has 2 rings (SSSR count). The second-order valence-electron chi connectivity index (χ2n) is 3.59. The van der Waals surface area contributed by atoms with Crippen molar-refractivity contribution in [1.29, 1.82) is 0 Å².